The van der Waals surface area contributed by atoms with Gasteiger partial charge in [0.15, 0.2) is 17.2 Å². The van der Waals surface area contributed by atoms with E-state index in [4.69, 9.17) is 49.0 Å². The van der Waals surface area contributed by atoms with E-state index < -0.39 is 5.97 Å². The number of hydrogen-bond acceptors (Lipinski definition) is 5. The standard InChI is InChI=1S/C16H12Cl3NO4/c17-10-2-3-13(19)20-14(10)16(21)24-8-9-6-11(18)15-12(7-9)22-4-1-5-23-15/h2-3,6-7H,1,4-5,8H2. The first kappa shape index (κ1) is 17.1. The predicted molar refractivity (Wildman–Crippen MR) is 90.4 cm³/mol. The third-order valence-electron chi connectivity index (χ3n) is 3.24. The Bertz CT molecular complexity index is 782. The quantitative estimate of drug-likeness (QED) is 0.570. The number of carbonyl (C=O) groups is 1. The van der Waals surface area contributed by atoms with Crippen molar-refractivity contribution < 1.29 is 19.0 Å². The van der Waals surface area contributed by atoms with Gasteiger partial charge in [-0.3, -0.25) is 0 Å². The zero-order valence-electron chi connectivity index (χ0n) is 12.4. The number of halogens is 3. The number of hydrogen-bond donors (Lipinski definition) is 0. The van der Waals surface area contributed by atoms with Gasteiger partial charge in [-0.05, 0) is 29.8 Å². The molecule has 0 saturated carbocycles. The second kappa shape index (κ2) is 7.47. The molecule has 1 aromatic carbocycles. The Morgan fingerprint density at radius 1 is 1.12 bits per heavy atom. The number of fused-ring (bicyclic) bond motifs is 1. The van der Waals surface area contributed by atoms with Gasteiger partial charge >= 0.3 is 5.97 Å². The molecular weight excluding hydrogens is 377 g/mol. The molecule has 0 fully saturated rings. The summed E-state index contributed by atoms with van der Waals surface area (Å²) < 4.78 is 16.4. The van der Waals surface area contributed by atoms with Crippen molar-refractivity contribution in [2.45, 2.75) is 13.0 Å². The topological polar surface area (TPSA) is 57.7 Å². The van der Waals surface area contributed by atoms with Gasteiger partial charge in [-0.1, -0.05) is 34.8 Å². The number of aromatic nitrogens is 1. The second-order valence-electron chi connectivity index (χ2n) is 5.00. The van der Waals surface area contributed by atoms with Crippen LogP contribution < -0.4 is 9.47 Å². The van der Waals surface area contributed by atoms with Crippen molar-refractivity contribution in [2.75, 3.05) is 13.2 Å². The Morgan fingerprint density at radius 3 is 2.75 bits per heavy atom. The lowest BCUT2D eigenvalue weighted by atomic mass is 10.2. The predicted octanol–water partition coefficient (Wildman–Crippen LogP) is 4.56. The summed E-state index contributed by atoms with van der Waals surface area (Å²) in [5.74, 6) is 0.361. The monoisotopic (exact) mass is 387 g/mol. The molecule has 0 atom stereocenters. The van der Waals surface area contributed by atoms with Gasteiger partial charge in [0.2, 0.25) is 0 Å². The van der Waals surface area contributed by atoms with E-state index in [1.807, 2.05) is 0 Å². The van der Waals surface area contributed by atoms with E-state index in [1.54, 1.807) is 12.1 Å². The van der Waals surface area contributed by atoms with E-state index in [9.17, 15) is 4.79 Å². The third-order valence-corrected chi connectivity index (χ3v) is 4.03. The summed E-state index contributed by atoms with van der Waals surface area (Å²) in [5.41, 5.74) is 0.625. The van der Waals surface area contributed by atoms with Gasteiger partial charge in [-0.25, -0.2) is 9.78 Å². The fourth-order valence-corrected chi connectivity index (χ4v) is 2.76. The molecule has 126 valence electrons. The van der Waals surface area contributed by atoms with Crippen molar-refractivity contribution in [1.82, 2.24) is 4.98 Å². The highest BCUT2D eigenvalue weighted by Gasteiger charge is 2.18. The van der Waals surface area contributed by atoms with Gasteiger partial charge in [0.05, 0.1) is 23.3 Å². The van der Waals surface area contributed by atoms with E-state index >= 15 is 0 Å². The number of pyridine rings is 1. The number of rotatable bonds is 3. The highest BCUT2D eigenvalue weighted by molar-refractivity contribution is 6.34. The van der Waals surface area contributed by atoms with Crippen LogP contribution in [0.1, 0.15) is 22.5 Å². The minimum atomic E-state index is -0.675. The molecule has 0 spiro atoms. The minimum Gasteiger partial charge on any atom is -0.489 e. The highest BCUT2D eigenvalue weighted by atomic mass is 35.5. The molecule has 24 heavy (non-hydrogen) atoms. The fourth-order valence-electron chi connectivity index (χ4n) is 2.15. The molecule has 0 amide bonds. The Hall–Kier alpha value is -1.69. The van der Waals surface area contributed by atoms with Gasteiger partial charge in [-0.2, -0.15) is 0 Å². The minimum absolute atomic E-state index is 0.0142. The molecule has 1 aromatic heterocycles. The second-order valence-corrected chi connectivity index (χ2v) is 6.20. The third kappa shape index (κ3) is 3.86. The maximum atomic E-state index is 12.1. The summed E-state index contributed by atoms with van der Waals surface area (Å²) in [5, 5.41) is 0.727. The van der Waals surface area contributed by atoms with Crippen molar-refractivity contribution in [1.29, 1.82) is 0 Å². The summed E-state index contributed by atoms with van der Waals surface area (Å²) in [6.45, 7) is 1.06. The van der Waals surface area contributed by atoms with Gasteiger partial charge in [-0.15, -0.1) is 0 Å². The van der Waals surface area contributed by atoms with Gasteiger partial charge in [0.25, 0.3) is 0 Å². The average Bonchev–Trinajstić information content (AvgIpc) is 2.80. The summed E-state index contributed by atoms with van der Waals surface area (Å²) >= 11 is 17.9. The molecule has 5 nitrogen and oxygen atoms in total. The van der Waals surface area contributed by atoms with Crippen LogP contribution in [0.5, 0.6) is 11.5 Å². The van der Waals surface area contributed by atoms with Crippen LogP contribution in [-0.4, -0.2) is 24.2 Å². The lowest BCUT2D eigenvalue weighted by Crippen LogP contribution is -2.08. The smallest absolute Gasteiger partial charge is 0.358 e. The lowest BCUT2D eigenvalue weighted by molar-refractivity contribution is 0.0465. The molecule has 0 radical (unpaired) electrons. The molecule has 3 rings (SSSR count). The van der Waals surface area contributed by atoms with Crippen LogP contribution in [0.2, 0.25) is 15.2 Å². The van der Waals surface area contributed by atoms with Crippen molar-refractivity contribution >= 4 is 40.8 Å². The molecule has 2 heterocycles. The first-order valence-corrected chi connectivity index (χ1v) is 8.25. The lowest BCUT2D eigenvalue weighted by Gasteiger charge is -2.12. The molecule has 0 saturated heterocycles. The molecule has 0 N–H and O–H groups in total. The first-order chi connectivity index (χ1) is 11.5. The summed E-state index contributed by atoms with van der Waals surface area (Å²) in [7, 11) is 0. The number of ether oxygens (including phenoxy) is 3. The fraction of sp³-hybridized carbons (Fsp3) is 0.250. The van der Waals surface area contributed by atoms with E-state index in [-0.39, 0.29) is 22.5 Å². The van der Waals surface area contributed by atoms with Crippen LogP contribution in [0.4, 0.5) is 0 Å². The zero-order chi connectivity index (χ0) is 17.1. The Morgan fingerprint density at radius 2 is 1.92 bits per heavy atom. The van der Waals surface area contributed by atoms with Crippen LogP contribution >= 0.6 is 34.8 Å². The van der Waals surface area contributed by atoms with Crippen LogP contribution in [0, 0.1) is 0 Å². The Labute approximate surface area is 153 Å². The maximum Gasteiger partial charge on any atom is 0.358 e. The molecule has 0 bridgehead atoms. The van der Waals surface area contributed by atoms with Gasteiger partial charge in [0.1, 0.15) is 11.8 Å². The number of nitrogens with zero attached hydrogens (tertiary/aromatic N) is 1. The molecule has 1 aliphatic heterocycles. The van der Waals surface area contributed by atoms with Gasteiger partial charge in [0, 0.05) is 6.42 Å². The highest BCUT2D eigenvalue weighted by Crippen LogP contribution is 2.38. The largest absolute Gasteiger partial charge is 0.489 e. The average molecular weight is 389 g/mol. The number of carbonyl (C=O) groups excluding carboxylic acids is 1. The molecule has 0 unspecified atom stereocenters. The summed E-state index contributed by atoms with van der Waals surface area (Å²) in [4.78, 5) is 16.0. The molecule has 8 heteroatoms. The SMILES string of the molecule is O=C(OCc1cc(Cl)c2c(c1)OCCCO2)c1nc(Cl)ccc1Cl. The van der Waals surface area contributed by atoms with E-state index in [1.165, 1.54) is 12.1 Å². The molecule has 0 aliphatic carbocycles. The van der Waals surface area contributed by atoms with E-state index in [0.717, 1.165) is 6.42 Å². The Kier molecular flexibility index (Phi) is 5.33. The van der Waals surface area contributed by atoms with E-state index in [2.05, 4.69) is 4.98 Å². The number of benzene rings is 1. The van der Waals surface area contributed by atoms with Crippen LogP contribution in [-0.2, 0) is 11.3 Å². The molecule has 1 aliphatic rings. The van der Waals surface area contributed by atoms with E-state index in [0.29, 0.717) is 35.3 Å². The van der Waals surface area contributed by atoms with Crippen molar-refractivity contribution in [3.8, 4) is 11.5 Å². The first-order valence-electron chi connectivity index (χ1n) is 7.12. The maximum absolute atomic E-state index is 12.1. The van der Waals surface area contributed by atoms with Crippen molar-refractivity contribution in [3.05, 3.63) is 50.7 Å². The van der Waals surface area contributed by atoms with Crippen LogP contribution in [0.15, 0.2) is 24.3 Å². The normalized spacial score (nSPS) is 13.3. The number of esters is 1. The molecular formula is C16H12Cl3NO4. The summed E-state index contributed by atoms with van der Waals surface area (Å²) in [6.07, 6.45) is 0.772. The zero-order valence-corrected chi connectivity index (χ0v) is 14.6. The van der Waals surface area contributed by atoms with Crippen LogP contribution in [0.3, 0.4) is 0 Å². The summed E-state index contributed by atoms with van der Waals surface area (Å²) in [6, 6.07) is 6.37. The molecule has 2 aromatic rings. The Balaban J connectivity index is 1.75. The van der Waals surface area contributed by atoms with Crippen molar-refractivity contribution in [3.63, 3.8) is 0 Å². The van der Waals surface area contributed by atoms with Gasteiger partial charge < -0.3 is 14.2 Å². The van der Waals surface area contributed by atoms with Crippen LogP contribution in [0.25, 0.3) is 0 Å². The van der Waals surface area contributed by atoms with Crippen molar-refractivity contribution in [2.24, 2.45) is 0 Å².